The first-order chi connectivity index (χ1) is 6.99. The first kappa shape index (κ1) is 12.3. The summed E-state index contributed by atoms with van der Waals surface area (Å²) in [4.78, 5) is 0. The van der Waals surface area contributed by atoms with E-state index in [1.807, 2.05) is 13.0 Å². The fourth-order valence-electron chi connectivity index (χ4n) is 1.81. The zero-order valence-corrected chi connectivity index (χ0v) is 9.79. The molecule has 2 N–H and O–H groups in total. The van der Waals surface area contributed by atoms with Gasteiger partial charge < -0.3 is 14.8 Å². The van der Waals surface area contributed by atoms with Crippen molar-refractivity contribution >= 4 is 0 Å². The highest BCUT2D eigenvalue weighted by atomic mass is 16.3. The Bertz CT molecular complexity index is 265. The van der Waals surface area contributed by atoms with Crippen LogP contribution in [0.2, 0.25) is 0 Å². The van der Waals surface area contributed by atoms with Gasteiger partial charge in [0.1, 0.15) is 0 Å². The Morgan fingerprint density at radius 3 is 2.80 bits per heavy atom. The van der Waals surface area contributed by atoms with E-state index in [0.29, 0.717) is 0 Å². The first-order valence-corrected chi connectivity index (χ1v) is 5.39. The van der Waals surface area contributed by atoms with Crippen LogP contribution in [0.1, 0.15) is 32.8 Å². The normalized spacial score (nSPS) is 14.1. The maximum atomic E-state index is 9.33. The van der Waals surface area contributed by atoms with Gasteiger partial charge in [-0.1, -0.05) is 13.8 Å². The van der Waals surface area contributed by atoms with Crippen LogP contribution < -0.4 is 5.32 Å². The van der Waals surface area contributed by atoms with E-state index < -0.39 is 0 Å². The molecule has 86 valence electrons. The van der Waals surface area contributed by atoms with Crippen molar-refractivity contribution in [2.75, 3.05) is 6.54 Å². The molecule has 0 spiro atoms. The van der Waals surface area contributed by atoms with E-state index in [-0.39, 0.29) is 11.5 Å². The minimum Gasteiger partial charge on any atom is -0.472 e. The Morgan fingerprint density at radius 2 is 2.27 bits per heavy atom. The van der Waals surface area contributed by atoms with Gasteiger partial charge in [0.25, 0.3) is 0 Å². The predicted octanol–water partition coefficient (Wildman–Crippen LogP) is 2.17. The fraction of sp³-hybridized carbons (Fsp3) is 0.667. The Hall–Kier alpha value is -0.800. The van der Waals surface area contributed by atoms with Crippen molar-refractivity contribution in [3.05, 3.63) is 24.2 Å². The molecular formula is C12H21NO2. The fourth-order valence-corrected chi connectivity index (χ4v) is 1.81. The third-order valence-electron chi connectivity index (χ3n) is 2.36. The average molecular weight is 211 g/mol. The maximum Gasteiger partial charge on any atom is 0.0947 e. The molecule has 0 saturated carbocycles. The van der Waals surface area contributed by atoms with Crippen LogP contribution in [0.25, 0.3) is 0 Å². The molecule has 0 saturated heterocycles. The lowest BCUT2D eigenvalue weighted by Crippen LogP contribution is -2.31. The van der Waals surface area contributed by atoms with E-state index in [1.54, 1.807) is 12.5 Å². The van der Waals surface area contributed by atoms with Crippen LogP contribution in [0, 0.1) is 5.41 Å². The van der Waals surface area contributed by atoms with Crippen LogP contribution in [0.5, 0.6) is 0 Å². The second kappa shape index (κ2) is 5.33. The van der Waals surface area contributed by atoms with Gasteiger partial charge in [0.2, 0.25) is 0 Å². The van der Waals surface area contributed by atoms with Gasteiger partial charge >= 0.3 is 0 Å². The van der Waals surface area contributed by atoms with Gasteiger partial charge in [-0.15, -0.1) is 0 Å². The van der Waals surface area contributed by atoms with Crippen LogP contribution >= 0.6 is 0 Å². The molecule has 0 bridgehead atoms. The highest BCUT2D eigenvalue weighted by Gasteiger charge is 2.19. The number of aliphatic hydroxyl groups is 1. The van der Waals surface area contributed by atoms with Crippen LogP contribution in [-0.2, 0) is 6.54 Å². The summed E-state index contributed by atoms with van der Waals surface area (Å²) in [6.45, 7) is 7.85. The summed E-state index contributed by atoms with van der Waals surface area (Å²) < 4.78 is 4.98. The Kier molecular flexibility index (Phi) is 4.36. The van der Waals surface area contributed by atoms with E-state index in [9.17, 15) is 5.11 Å². The van der Waals surface area contributed by atoms with Crippen molar-refractivity contribution in [1.82, 2.24) is 5.32 Å². The lowest BCUT2D eigenvalue weighted by Gasteiger charge is -2.26. The van der Waals surface area contributed by atoms with Gasteiger partial charge in [0.15, 0.2) is 0 Å². The van der Waals surface area contributed by atoms with Crippen LogP contribution in [0.3, 0.4) is 0 Å². The van der Waals surface area contributed by atoms with Crippen LogP contribution in [-0.4, -0.2) is 17.8 Å². The van der Waals surface area contributed by atoms with E-state index >= 15 is 0 Å². The number of furan rings is 1. The zero-order valence-electron chi connectivity index (χ0n) is 9.79. The average Bonchev–Trinajstić information content (AvgIpc) is 2.53. The van der Waals surface area contributed by atoms with Crippen molar-refractivity contribution in [3.63, 3.8) is 0 Å². The molecule has 0 aromatic carbocycles. The molecule has 0 aliphatic carbocycles. The quantitative estimate of drug-likeness (QED) is 0.758. The Balaban J connectivity index is 2.24. The van der Waals surface area contributed by atoms with Gasteiger partial charge in [-0.2, -0.15) is 0 Å². The summed E-state index contributed by atoms with van der Waals surface area (Å²) >= 11 is 0. The molecule has 3 heteroatoms. The molecule has 0 aliphatic heterocycles. The Morgan fingerprint density at radius 1 is 1.53 bits per heavy atom. The number of nitrogens with one attached hydrogen (secondary N) is 1. The summed E-state index contributed by atoms with van der Waals surface area (Å²) in [7, 11) is 0. The van der Waals surface area contributed by atoms with Gasteiger partial charge in [-0.05, 0) is 24.8 Å². The summed E-state index contributed by atoms with van der Waals surface area (Å²) in [6, 6.07) is 1.95. The van der Waals surface area contributed by atoms with Crippen molar-refractivity contribution < 1.29 is 9.52 Å². The molecule has 1 aromatic heterocycles. The molecule has 3 nitrogen and oxygen atoms in total. The maximum absolute atomic E-state index is 9.33. The van der Waals surface area contributed by atoms with Crippen molar-refractivity contribution in [3.8, 4) is 0 Å². The smallest absolute Gasteiger partial charge is 0.0947 e. The largest absolute Gasteiger partial charge is 0.472 e. The van der Waals surface area contributed by atoms with Crippen molar-refractivity contribution in [2.45, 2.75) is 39.8 Å². The number of aliphatic hydroxyl groups excluding tert-OH is 1. The molecule has 1 atom stereocenters. The topological polar surface area (TPSA) is 45.4 Å². The van der Waals surface area contributed by atoms with E-state index in [1.165, 1.54) is 0 Å². The second-order valence-corrected chi connectivity index (χ2v) is 4.95. The molecule has 1 rings (SSSR count). The standard InChI is InChI=1S/C12H21NO2/c1-10(14)6-12(2,3)9-13-7-11-4-5-15-8-11/h4-5,8,10,13-14H,6-7,9H2,1-3H3. The van der Waals surface area contributed by atoms with Gasteiger partial charge in [0, 0.05) is 18.7 Å². The minimum absolute atomic E-state index is 0.123. The SMILES string of the molecule is CC(O)CC(C)(C)CNCc1ccoc1. The molecule has 1 unspecified atom stereocenters. The molecule has 0 aliphatic rings. The lowest BCUT2D eigenvalue weighted by atomic mass is 9.87. The van der Waals surface area contributed by atoms with Gasteiger partial charge in [0.05, 0.1) is 18.6 Å². The second-order valence-electron chi connectivity index (χ2n) is 4.95. The van der Waals surface area contributed by atoms with Crippen molar-refractivity contribution in [1.29, 1.82) is 0 Å². The molecule has 1 heterocycles. The zero-order chi connectivity index (χ0) is 11.3. The summed E-state index contributed by atoms with van der Waals surface area (Å²) in [5, 5.41) is 12.7. The van der Waals surface area contributed by atoms with Gasteiger partial charge in [-0.25, -0.2) is 0 Å². The molecular weight excluding hydrogens is 190 g/mol. The van der Waals surface area contributed by atoms with Gasteiger partial charge in [-0.3, -0.25) is 0 Å². The summed E-state index contributed by atoms with van der Waals surface area (Å²) in [5.74, 6) is 0. The molecule has 1 aromatic rings. The number of hydrogen-bond donors (Lipinski definition) is 2. The van der Waals surface area contributed by atoms with Crippen LogP contribution in [0.15, 0.2) is 23.0 Å². The third kappa shape index (κ3) is 5.00. The number of rotatable bonds is 6. The van der Waals surface area contributed by atoms with Crippen molar-refractivity contribution in [2.24, 2.45) is 5.41 Å². The van der Waals surface area contributed by atoms with E-state index in [4.69, 9.17) is 4.42 Å². The highest BCUT2D eigenvalue weighted by molar-refractivity contribution is 5.04. The molecule has 0 amide bonds. The predicted molar refractivity (Wildman–Crippen MR) is 60.5 cm³/mol. The molecule has 15 heavy (non-hydrogen) atoms. The van der Waals surface area contributed by atoms with E-state index in [0.717, 1.165) is 25.1 Å². The summed E-state index contributed by atoms with van der Waals surface area (Å²) in [6.07, 6.45) is 3.99. The molecule has 0 radical (unpaired) electrons. The van der Waals surface area contributed by atoms with E-state index in [2.05, 4.69) is 19.2 Å². The number of hydrogen-bond acceptors (Lipinski definition) is 3. The minimum atomic E-state index is -0.240. The monoisotopic (exact) mass is 211 g/mol. The summed E-state index contributed by atoms with van der Waals surface area (Å²) in [5.41, 5.74) is 1.28. The Labute approximate surface area is 91.5 Å². The highest BCUT2D eigenvalue weighted by Crippen LogP contribution is 2.21. The first-order valence-electron chi connectivity index (χ1n) is 5.39. The van der Waals surface area contributed by atoms with Crippen LogP contribution in [0.4, 0.5) is 0 Å². The lowest BCUT2D eigenvalue weighted by molar-refractivity contribution is 0.128. The third-order valence-corrected chi connectivity index (χ3v) is 2.36. The molecule has 0 fully saturated rings.